The number of benzene rings is 1. The third kappa shape index (κ3) is 5.58. The number of rotatable bonds is 6. The van der Waals surface area contributed by atoms with Crippen LogP contribution < -0.4 is 10.6 Å². The van der Waals surface area contributed by atoms with Crippen molar-refractivity contribution in [3.8, 4) is 0 Å². The van der Waals surface area contributed by atoms with Crippen molar-refractivity contribution in [3.05, 3.63) is 47.5 Å². The van der Waals surface area contributed by atoms with Crippen LogP contribution >= 0.6 is 0 Å². The summed E-state index contributed by atoms with van der Waals surface area (Å²) >= 11 is 0. The highest BCUT2D eigenvalue weighted by Gasteiger charge is 2.30. The molecule has 0 spiro atoms. The lowest BCUT2D eigenvalue weighted by Gasteiger charge is -2.18. The third-order valence-corrected chi connectivity index (χ3v) is 5.04. The van der Waals surface area contributed by atoms with Gasteiger partial charge in [-0.05, 0) is 24.3 Å². The fourth-order valence-electron chi connectivity index (χ4n) is 3.57. The maximum Gasteiger partial charge on any atom is 0.315 e. The lowest BCUT2D eigenvalue weighted by molar-refractivity contribution is 0.153. The molecule has 2 aliphatic heterocycles. The molecule has 1 aromatic rings. The average Bonchev–Trinajstić information content (AvgIpc) is 2.96. The SMILES string of the molecule is C[C@@H]1CN(Cc2ccccc2)C[C@@H]1NC(=O)NCCC1=CCOCC1. The zero-order valence-electron chi connectivity index (χ0n) is 15.0. The molecule has 0 saturated carbocycles. The van der Waals surface area contributed by atoms with E-state index in [1.54, 1.807) is 0 Å². The molecule has 0 unspecified atom stereocenters. The van der Waals surface area contributed by atoms with Gasteiger partial charge in [-0.25, -0.2) is 4.79 Å². The Hall–Kier alpha value is -1.85. The van der Waals surface area contributed by atoms with Crippen LogP contribution in [0.5, 0.6) is 0 Å². The summed E-state index contributed by atoms with van der Waals surface area (Å²) in [6.07, 6.45) is 4.03. The first-order valence-corrected chi connectivity index (χ1v) is 9.27. The van der Waals surface area contributed by atoms with Gasteiger partial charge in [-0.1, -0.05) is 48.9 Å². The van der Waals surface area contributed by atoms with Crippen LogP contribution in [0.15, 0.2) is 42.0 Å². The Labute approximate surface area is 150 Å². The highest BCUT2D eigenvalue weighted by Crippen LogP contribution is 2.19. The van der Waals surface area contributed by atoms with E-state index in [1.165, 1.54) is 11.1 Å². The summed E-state index contributed by atoms with van der Waals surface area (Å²) < 4.78 is 5.30. The summed E-state index contributed by atoms with van der Waals surface area (Å²) in [4.78, 5) is 14.6. The summed E-state index contributed by atoms with van der Waals surface area (Å²) in [6.45, 7) is 7.28. The largest absolute Gasteiger partial charge is 0.377 e. The molecule has 3 rings (SSSR count). The molecule has 2 atom stereocenters. The minimum atomic E-state index is -0.0499. The van der Waals surface area contributed by atoms with Crippen molar-refractivity contribution in [1.82, 2.24) is 15.5 Å². The molecule has 5 nitrogen and oxygen atoms in total. The van der Waals surface area contributed by atoms with E-state index in [0.717, 1.165) is 39.1 Å². The Balaban J connectivity index is 1.38. The molecule has 0 bridgehead atoms. The van der Waals surface area contributed by atoms with Gasteiger partial charge in [0.2, 0.25) is 0 Å². The second kappa shape index (κ2) is 9.02. The number of urea groups is 1. The van der Waals surface area contributed by atoms with E-state index in [-0.39, 0.29) is 12.1 Å². The number of carbonyl (C=O) groups excluding carboxylic acids is 1. The molecule has 2 aliphatic rings. The molecule has 1 aromatic carbocycles. The summed E-state index contributed by atoms with van der Waals surface area (Å²) in [7, 11) is 0. The monoisotopic (exact) mass is 343 g/mol. The number of amides is 2. The van der Waals surface area contributed by atoms with Gasteiger partial charge >= 0.3 is 6.03 Å². The lowest BCUT2D eigenvalue weighted by Crippen LogP contribution is -2.45. The minimum absolute atomic E-state index is 0.0499. The molecular formula is C20H29N3O2. The number of likely N-dealkylation sites (tertiary alicyclic amines) is 1. The van der Waals surface area contributed by atoms with Gasteiger partial charge in [-0.2, -0.15) is 0 Å². The van der Waals surface area contributed by atoms with Crippen LogP contribution in [-0.4, -0.2) is 49.8 Å². The van der Waals surface area contributed by atoms with Crippen LogP contribution in [0.3, 0.4) is 0 Å². The van der Waals surface area contributed by atoms with Gasteiger partial charge in [0.15, 0.2) is 0 Å². The average molecular weight is 343 g/mol. The molecule has 2 amide bonds. The van der Waals surface area contributed by atoms with E-state index in [4.69, 9.17) is 4.74 Å². The summed E-state index contributed by atoms with van der Waals surface area (Å²) in [5.74, 6) is 0.465. The van der Waals surface area contributed by atoms with Gasteiger partial charge in [0.25, 0.3) is 0 Å². The minimum Gasteiger partial charge on any atom is -0.377 e. The van der Waals surface area contributed by atoms with Crippen molar-refractivity contribution < 1.29 is 9.53 Å². The third-order valence-electron chi connectivity index (χ3n) is 5.04. The van der Waals surface area contributed by atoms with Crippen molar-refractivity contribution in [2.24, 2.45) is 5.92 Å². The van der Waals surface area contributed by atoms with Crippen molar-refractivity contribution in [1.29, 1.82) is 0 Å². The van der Waals surface area contributed by atoms with Crippen LogP contribution in [0.4, 0.5) is 4.79 Å². The Morgan fingerprint density at radius 2 is 2.12 bits per heavy atom. The Bertz CT molecular complexity index is 588. The predicted molar refractivity (Wildman–Crippen MR) is 99.3 cm³/mol. The molecule has 2 N–H and O–H groups in total. The summed E-state index contributed by atoms with van der Waals surface area (Å²) in [5.41, 5.74) is 2.71. The Morgan fingerprint density at radius 3 is 2.88 bits per heavy atom. The second-order valence-electron chi connectivity index (χ2n) is 7.10. The quantitative estimate of drug-likeness (QED) is 0.781. The topological polar surface area (TPSA) is 53.6 Å². The van der Waals surface area contributed by atoms with E-state index in [0.29, 0.717) is 19.1 Å². The highest BCUT2D eigenvalue weighted by atomic mass is 16.5. The van der Waals surface area contributed by atoms with Crippen LogP contribution in [0, 0.1) is 5.92 Å². The van der Waals surface area contributed by atoms with E-state index < -0.39 is 0 Å². The van der Waals surface area contributed by atoms with Crippen LogP contribution in [0.25, 0.3) is 0 Å². The zero-order chi connectivity index (χ0) is 17.5. The van der Waals surface area contributed by atoms with Crippen molar-refractivity contribution in [2.45, 2.75) is 32.4 Å². The number of ether oxygens (including phenoxy) is 1. The van der Waals surface area contributed by atoms with Crippen molar-refractivity contribution in [2.75, 3.05) is 32.8 Å². The van der Waals surface area contributed by atoms with Gasteiger partial charge in [-0.3, -0.25) is 4.90 Å². The fraction of sp³-hybridized carbons (Fsp3) is 0.550. The molecule has 25 heavy (non-hydrogen) atoms. The molecule has 0 aliphatic carbocycles. The molecule has 0 aromatic heterocycles. The van der Waals surface area contributed by atoms with E-state index >= 15 is 0 Å². The molecule has 1 fully saturated rings. The van der Waals surface area contributed by atoms with Gasteiger partial charge < -0.3 is 15.4 Å². The van der Waals surface area contributed by atoms with Gasteiger partial charge in [-0.15, -0.1) is 0 Å². The van der Waals surface area contributed by atoms with E-state index in [9.17, 15) is 4.79 Å². The predicted octanol–water partition coefficient (Wildman–Crippen LogP) is 2.54. The van der Waals surface area contributed by atoms with Crippen LogP contribution in [0.2, 0.25) is 0 Å². The summed E-state index contributed by atoms with van der Waals surface area (Å²) in [5, 5.41) is 6.14. The fourth-order valence-corrected chi connectivity index (χ4v) is 3.57. The summed E-state index contributed by atoms with van der Waals surface area (Å²) in [6, 6.07) is 10.7. The van der Waals surface area contributed by atoms with E-state index in [2.05, 4.69) is 52.8 Å². The smallest absolute Gasteiger partial charge is 0.315 e. The molecule has 5 heteroatoms. The standard InChI is InChI=1S/C20H29N3O2/c1-16-13-23(14-18-5-3-2-4-6-18)15-19(16)22-20(24)21-10-7-17-8-11-25-12-9-17/h2-6,8,16,19H,7,9-15H2,1H3,(H2,21,22,24)/t16-,19+/m1/s1. The van der Waals surface area contributed by atoms with Crippen LogP contribution in [0.1, 0.15) is 25.3 Å². The number of hydrogen-bond acceptors (Lipinski definition) is 3. The number of hydrogen-bond donors (Lipinski definition) is 2. The van der Waals surface area contributed by atoms with Crippen molar-refractivity contribution in [3.63, 3.8) is 0 Å². The van der Waals surface area contributed by atoms with Gasteiger partial charge in [0, 0.05) is 32.2 Å². The molecular weight excluding hydrogens is 314 g/mol. The first-order chi connectivity index (χ1) is 12.2. The maximum atomic E-state index is 12.2. The first kappa shape index (κ1) is 18.0. The highest BCUT2D eigenvalue weighted by molar-refractivity contribution is 5.74. The molecule has 0 radical (unpaired) electrons. The zero-order valence-corrected chi connectivity index (χ0v) is 15.0. The number of nitrogens with zero attached hydrogens (tertiary/aromatic N) is 1. The van der Waals surface area contributed by atoms with Gasteiger partial charge in [0.1, 0.15) is 0 Å². The molecule has 2 heterocycles. The maximum absolute atomic E-state index is 12.2. The van der Waals surface area contributed by atoms with Crippen molar-refractivity contribution >= 4 is 6.03 Å². The van der Waals surface area contributed by atoms with Crippen LogP contribution in [-0.2, 0) is 11.3 Å². The normalized spacial score (nSPS) is 24.0. The Kier molecular flexibility index (Phi) is 6.48. The van der Waals surface area contributed by atoms with Gasteiger partial charge in [0.05, 0.1) is 13.2 Å². The lowest BCUT2D eigenvalue weighted by atomic mass is 10.1. The number of carbonyl (C=O) groups is 1. The first-order valence-electron chi connectivity index (χ1n) is 9.27. The second-order valence-corrected chi connectivity index (χ2v) is 7.10. The Morgan fingerprint density at radius 1 is 1.28 bits per heavy atom. The molecule has 1 saturated heterocycles. The number of nitrogens with one attached hydrogen (secondary N) is 2. The van der Waals surface area contributed by atoms with E-state index in [1.807, 2.05) is 6.07 Å². The molecule has 136 valence electrons.